The summed E-state index contributed by atoms with van der Waals surface area (Å²) < 4.78 is 1.70. The minimum Gasteiger partial charge on any atom is -0.340 e. The van der Waals surface area contributed by atoms with Gasteiger partial charge in [-0.25, -0.2) is 0 Å². The first-order valence-corrected chi connectivity index (χ1v) is 9.24. The molecule has 130 valence electrons. The van der Waals surface area contributed by atoms with Gasteiger partial charge in [0.1, 0.15) is 0 Å². The van der Waals surface area contributed by atoms with E-state index < -0.39 is 0 Å². The monoisotopic (exact) mass is 394 g/mol. The molecule has 3 rings (SSSR count). The summed E-state index contributed by atoms with van der Waals surface area (Å²) in [6.45, 7) is 2.41. The largest absolute Gasteiger partial charge is 0.340 e. The summed E-state index contributed by atoms with van der Waals surface area (Å²) in [6, 6.07) is 11.5. The fraction of sp³-hybridized carbons (Fsp3) is 0.235. The van der Waals surface area contributed by atoms with E-state index in [1.807, 2.05) is 37.3 Å². The van der Waals surface area contributed by atoms with Gasteiger partial charge in [0.25, 0.3) is 0 Å². The number of pyridine rings is 1. The van der Waals surface area contributed by atoms with Crippen LogP contribution in [0.5, 0.6) is 0 Å². The molecule has 0 spiro atoms. The minimum absolute atomic E-state index is 0.0127. The third kappa shape index (κ3) is 4.08. The maximum absolute atomic E-state index is 12.6. The van der Waals surface area contributed by atoms with Gasteiger partial charge in [-0.15, -0.1) is 10.2 Å². The van der Waals surface area contributed by atoms with Gasteiger partial charge in [0, 0.05) is 19.8 Å². The molecule has 0 aliphatic rings. The van der Waals surface area contributed by atoms with E-state index in [1.54, 1.807) is 28.6 Å². The number of hydrogen-bond acceptors (Lipinski definition) is 4. The van der Waals surface area contributed by atoms with Crippen LogP contribution in [0.4, 0.5) is 0 Å². The molecule has 0 aliphatic heterocycles. The number of aromatic nitrogens is 3. The Kier molecular flexibility index (Phi) is 5.51. The lowest BCUT2D eigenvalue weighted by Crippen LogP contribution is -2.32. The molecule has 25 heavy (non-hydrogen) atoms. The Labute approximate surface area is 159 Å². The number of nitrogens with zero attached hydrogens (tertiary/aromatic N) is 4. The Morgan fingerprint density at radius 2 is 2.00 bits per heavy atom. The maximum atomic E-state index is 12.6. The second kappa shape index (κ2) is 7.64. The standard InChI is InChI=1S/C17H16Cl2N4OS/c1-11(16(24)22(2)9-12-6-4-3-5-7-12)25-17-21-20-15-14(19)8-13(18)10-23(15)17/h3-8,10-11H,9H2,1-2H3/t11-/m1/s1. The van der Waals surface area contributed by atoms with Crippen LogP contribution >= 0.6 is 35.0 Å². The van der Waals surface area contributed by atoms with E-state index in [2.05, 4.69) is 10.2 Å². The second-order valence-electron chi connectivity index (χ2n) is 5.62. The molecular weight excluding hydrogens is 379 g/mol. The van der Waals surface area contributed by atoms with Gasteiger partial charge in [0.15, 0.2) is 10.8 Å². The number of benzene rings is 1. The van der Waals surface area contributed by atoms with E-state index in [4.69, 9.17) is 23.2 Å². The zero-order valence-electron chi connectivity index (χ0n) is 13.7. The van der Waals surface area contributed by atoms with Crippen molar-refractivity contribution in [2.75, 3.05) is 7.05 Å². The van der Waals surface area contributed by atoms with Gasteiger partial charge in [-0.05, 0) is 18.6 Å². The minimum atomic E-state index is -0.320. The highest BCUT2D eigenvalue weighted by atomic mass is 35.5. The first-order valence-electron chi connectivity index (χ1n) is 7.61. The van der Waals surface area contributed by atoms with Crippen LogP contribution in [0.1, 0.15) is 12.5 Å². The average Bonchev–Trinajstić information content (AvgIpc) is 2.98. The molecule has 3 aromatic rings. The number of carbonyl (C=O) groups excluding carboxylic acids is 1. The van der Waals surface area contributed by atoms with Crippen LogP contribution in [0, 0.1) is 0 Å². The Hall–Kier alpha value is -1.76. The van der Waals surface area contributed by atoms with Crippen LogP contribution in [0.2, 0.25) is 10.0 Å². The van der Waals surface area contributed by atoms with E-state index in [1.165, 1.54) is 11.8 Å². The lowest BCUT2D eigenvalue weighted by atomic mass is 10.2. The van der Waals surface area contributed by atoms with Crippen LogP contribution in [-0.4, -0.2) is 37.7 Å². The molecule has 0 saturated heterocycles. The summed E-state index contributed by atoms with van der Waals surface area (Å²) in [5, 5.41) is 9.35. The number of halogens is 2. The Bertz CT molecular complexity index is 900. The Morgan fingerprint density at radius 1 is 1.28 bits per heavy atom. The molecule has 2 heterocycles. The first kappa shape index (κ1) is 18.0. The lowest BCUT2D eigenvalue weighted by molar-refractivity contribution is -0.129. The van der Waals surface area contributed by atoms with Gasteiger partial charge >= 0.3 is 0 Å². The van der Waals surface area contributed by atoms with Gasteiger partial charge in [0.2, 0.25) is 5.91 Å². The highest BCUT2D eigenvalue weighted by Gasteiger charge is 2.22. The van der Waals surface area contributed by atoms with Crippen molar-refractivity contribution in [3.63, 3.8) is 0 Å². The topological polar surface area (TPSA) is 50.5 Å². The number of rotatable bonds is 5. The molecular formula is C17H16Cl2N4OS. The number of amides is 1. The van der Waals surface area contributed by atoms with Crippen molar-refractivity contribution in [2.45, 2.75) is 23.9 Å². The van der Waals surface area contributed by atoms with Crippen molar-refractivity contribution in [1.29, 1.82) is 0 Å². The smallest absolute Gasteiger partial charge is 0.235 e. The van der Waals surface area contributed by atoms with E-state index in [9.17, 15) is 4.79 Å². The van der Waals surface area contributed by atoms with Gasteiger partial charge in [0.05, 0.1) is 15.3 Å². The molecule has 0 unspecified atom stereocenters. The molecule has 0 saturated carbocycles. The first-order chi connectivity index (χ1) is 12.0. The van der Waals surface area contributed by atoms with Crippen molar-refractivity contribution in [3.8, 4) is 0 Å². The zero-order valence-corrected chi connectivity index (χ0v) is 16.0. The predicted molar refractivity (Wildman–Crippen MR) is 101 cm³/mol. The fourth-order valence-corrected chi connectivity index (χ4v) is 3.88. The summed E-state index contributed by atoms with van der Waals surface area (Å²) in [6.07, 6.45) is 1.69. The van der Waals surface area contributed by atoms with Gasteiger partial charge < -0.3 is 4.90 Å². The third-order valence-corrected chi connectivity index (χ3v) is 5.19. The quantitative estimate of drug-likeness (QED) is 0.609. The van der Waals surface area contributed by atoms with E-state index >= 15 is 0 Å². The molecule has 2 aromatic heterocycles. The highest BCUT2D eigenvalue weighted by molar-refractivity contribution is 8.00. The molecule has 1 amide bonds. The van der Waals surface area contributed by atoms with Crippen molar-refractivity contribution in [3.05, 3.63) is 58.2 Å². The van der Waals surface area contributed by atoms with Gasteiger partial charge in [-0.3, -0.25) is 9.20 Å². The molecule has 5 nitrogen and oxygen atoms in total. The summed E-state index contributed by atoms with van der Waals surface area (Å²) in [4.78, 5) is 14.3. The number of fused-ring (bicyclic) bond motifs is 1. The van der Waals surface area contributed by atoms with Crippen molar-refractivity contribution in [2.24, 2.45) is 0 Å². The van der Waals surface area contributed by atoms with Crippen molar-refractivity contribution in [1.82, 2.24) is 19.5 Å². The summed E-state index contributed by atoms with van der Waals surface area (Å²) in [5.41, 5.74) is 1.60. The van der Waals surface area contributed by atoms with Gasteiger partial charge in [-0.2, -0.15) is 0 Å². The number of thioether (sulfide) groups is 1. The van der Waals surface area contributed by atoms with Crippen LogP contribution < -0.4 is 0 Å². The van der Waals surface area contributed by atoms with Crippen molar-refractivity contribution >= 4 is 46.5 Å². The fourth-order valence-electron chi connectivity index (χ4n) is 2.44. The third-order valence-electron chi connectivity index (χ3n) is 3.66. The average molecular weight is 395 g/mol. The second-order valence-corrected chi connectivity index (χ2v) is 7.77. The summed E-state index contributed by atoms with van der Waals surface area (Å²) in [7, 11) is 1.79. The molecule has 1 atom stereocenters. The van der Waals surface area contributed by atoms with E-state index in [0.717, 1.165) is 5.56 Å². The van der Waals surface area contributed by atoms with Gasteiger partial charge in [-0.1, -0.05) is 65.3 Å². The lowest BCUT2D eigenvalue weighted by Gasteiger charge is -2.20. The maximum Gasteiger partial charge on any atom is 0.235 e. The zero-order chi connectivity index (χ0) is 18.0. The van der Waals surface area contributed by atoms with Crippen LogP contribution in [0.15, 0.2) is 47.8 Å². The van der Waals surface area contributed by atoms with E-state index in [-0.39, 0.29) is 11.2 Å². The molecule has 0 radical (unpaired) electrons. The summed E-state index contributed by atoms with van der Waals surface area (Å²) >= 11 is 13.5. The normalized spacial score (nSPS) is 12.3. The summed E-state index contributed by atoms with van der Waals surface area (Å²) in [5.74, 6) is 0.0127. The SMILES string of the molecule is C[C@@H](Sc1nnc2c(Cl)cc(Cl)cn12)C(=O)N(C)Cc1ccccc1. The van der Waals surface area contributed by atoms with Crippen LogP contribution in [0.3, 0.4) is 0 Å². The molecule has 1 aromatic carbocycles. The molecule has 0 fully saturated rings. The Morgan fingerprint density at radius 3 is 2.72 bits per heavy atom. The number of hydrogen-bond donors (Lipinski definition) is 0. The Balaban J connectivity index is 1.73. The molecule has 0 aliphatic carbocycles. The van der Waals surface area contributed by atoms with E-state index in [0.29, 0.717) is 27.4 Å². The van der Waals surface area contributed by atoms with Crippen LogP contribution in [0.25, 0.3) is 5.65 Å². The molecule has 0 N–H and O–H groups in total. The molecule has 8 heteroatoms. The van der Waals surface area contributed by atoms with Crippen molar-refractivity contribution < 1.29 is 4.79 Å². The molecule has 0 bridgehead atoms. The van der Waals surface area contributed by atoms with Crippen LogP contribution in [-0.2, 0) is 11.3 Å². The highest BCUT2D eigenvalue weighted by Crippen LogP contribution is 2.28. The predicted octanol–water partition coefficient (Wildman–Crippen LogP) is 4.18. The number of carbonyl (C=O) groups is 1.